The normalized spacial score (nSPS) is 15.9. The number of rotatable bonds is 4. The largest absolute Gasteiger partial charge is 0.302 e. The van der Waals surface area contributed by atoms with E-state index in [2.05, 4.69) is 56.3 Å². The van der Waals surface area contributed by atoms with Crippen molar-refractivity contribution in [3.8, 4) is 0 Å². The van der Waals surface area contributed by atoms with Gasteiger partial charge in [-0.1, -0.05) is 60.2 Å². The fraction of sp³-hybridized carbons (Fsp3) is 0.208. The van der Waals surface area contributed by atoms with Crippen molar-refractivity contribution in [2.75, 3.05) is 16.4 Å². The number of hydrogen-bond donors (Lipinski definition) is 0. The Morgan fingerprint density at radius 1 is 1.04 bits per heavy atom. The lowest BCUT2D eigenvalue weighted by molar-refractivity contribution is -0.116. The lowest BCUT2D eigenvalue weighted by Crippen LogP contribution is -2.39. The van der Waals surface area contributed by atoms with Crippen LogP contribution >= 0.6 is 23.5 Å². The third-order valence-corrected chi connectivity index (χ3v) is 7.26. The third-order valence-electron chi connectivity index (χ3n) is 4.98. The van der Waals surface area contributed by atoms with Crippen LogP contribution in [-0.4, -0.2) is 17.4 Å². The Balaban J connectivity index is 1.63. The number of fused-ring (bicyclic) bond motifs is 1. The quantitative estimate of drug-likeness (QED) is 0.477. The van der Waals surface area contributed by atoms with E-state index in [1.807, 2.05) is 47.0 Å². The van der Waals surface area contributed by atoms with Gasteiger partial charge in [-0.2, -0.15) is 0 Å². The molecule has 4 heteroatoms. The fourth-order valence-electron chi connectivity index (χ4n) is 3.49. The minimum atomic E-state index is 0.0628. The number of amides is 1. The number of thioether (sulfide) groups is 2. The predicted octanol–water partition coefficient (Wildman–Crippen LogP) is 6.28. The topological polar surface area (TPSA) is 20.3 Å². The highest BCUT2D eigenvalue weighted by Gasteiger charge is 2.32. The van der Waals surface area contributed by atoms with Crippen molar-refractivity contribution < 1.29 is 4.79 Å². The van der Waals surface area contributed by atoms with E-state index in [1.54, 1.807) is 11.8 Å². The van der Waals surface area contributed by atoms with Gasteiger partial charge in [0.2, 0.25) is 5.91 Å². The molecular formula is C24H23NOS2. The van der Waals surface area contributed by atoms with Crippen molar-refractivity contribution in [1.29, 1.82) is 0 Å². The molecular weight excluding hydrogens is 382 g/mol. The van der Waals surface area contributed by atoms with Crippen LogP contribution in [0.3, 0.4) is 0 Å². The standard InChI is InChI=1S/C24H23NOS2/c1-17-12-13-18(2)23(14-17)28-16-24(26)25-20-10-6-7-11-22(20)27-15-21(25)19-8-4-3-5-9-19/h3-14,21H,15-16H2,1-2H3/t21-/m1/s1. The summed E-state index contributed by atoms with van der Waals surface area (Å²) in [7, 11) is 0. The van der Waals surface area contributed by atoms with Gasteiger partial charge in [0, 0.05) is 15.5 Å². The zero-order chi connectivity index (χ0) is 19.5. The number of hydrogen-bond acceptors (Lipinski definition) is 3. The van der Waals surface area contributed by atoms with Crippen molar-refractivity contribution in [2.24, 2.45) is 0 Å². The number of benzene rings is 3. The summed E-state index contributed by atoms with van der Waals surface area (Å²) < 4.78 is 0. The summed E-state index contributed by atoms with van der Waals surface area (Å²) in [6.07, 6.45) is 0. The van der Waals surface area contributed by atoms with Gasteiger partial charge in [-0.3, -0.25) is 4.79 Å². The minimum absolute atomic E-state index is 0.0628. The van der Waals surface area contributed by atoms with Crippen molar-refractivity contribution >= 4 is 35.1 Å². The van der Waals surface area contributed by atoms with E-state index in [0.29, 0.717) is 5.75 Å². The molecule has 4 rings (SSSR count). The molecule has 0 aromatic heterocycles. The molecule has 0 unspecified atom stereocenters. The van der Waals surface area contributed by atoms with E-state index in [1.165, 1.54) is 26.5 Å². The summed E-state index contributed by atoms with van der Waals surface area (Å²) >= 11 is 3.47. The van der Waals surface area contributed by atoms with Crippen molar-refractivity contribution in [3.63, 3.8) is 0 Å². The Morgan fingerprint density at radius 2 is 1.79 bits per heavy atom. The van der Waals surface area contributed by atoms with Gasteiger partial charge >= 0.3 is 0 Å². The molecule has 0 N–H and O–H groups in total. The average molecular weight is 406 g/mol. The Hall–Kier alpha value is -2.17. The summed E-state index contributed by atoms with van der Waals surface area (Å²) in [5.41, 5.74) is 4.66. The van der Waals surface area contributed by atoms with Crippen LogP contribution in [0.25, 0.3) is 0 Å². The SMILES string of the molecule is Cc1ccc(C)c(SCC(=O)N2c3ccccc3SC[C@@H]2c2ccccc2)c1. The van der Waals surface area contributed by atoms with Gasteiger partial charge in [0.25, 0.3) is 0 Å². The van der Waals surface area contributed by atoms with Gasteiger partial charge in [-0.05, 0) is 43.2 Å². The highest BCUT2D eigenvalue weighted by molar-refractivity contribution is 8.00. The first-order chi connectivity index (χ1) is 13.6. The van der Waals surface area contributed by atoms with E-state index in [0.717, 1.165) is 11.4 Å². The van der Waals surface area contributed by atoms with E-state index in [9.17, 15) is 4.79 Å². The fourth-order valence-corrected chi connectivity index (χ4v) is 5.64. The maximum atomic E-state index is 13.4. The second kappa shape index (κ2) is 8.46. The van der Waals surface area contributed by atoms with E-state index >= 15 is 0 Å². The molecule has 0 saturated heterocycles. The molecule has 0 saturated carbocycles. The Kier molecular flexibility index (Phi) is 5.79. The van der Waals surface area contributed by atoms with Crippen LogP contribution in [0.15, 0.2) is 82.6 Å². The van der Waals surface area contributed by atoms with Crippen molar-refractivity contribution in [1.82, 2.24) is 0 Å². The zero-order valence-corrected chi connectivity index (χ0v) is 17.7. The summed E-state index contributed by atoms with van der Waals surface area (Å²) in [4.78, 5) is 17.8. The minimum Gasteiger partial charge on any atom is -0.302 e. The lowest BCUT2D eigenvalue weighted by atomic mass is 10.1. The number of anilines is 1. The summed E-state index contributed by atoms with van der Waals surface area (Å²) in [5.74, 6) is 1.47. The summed E-state index contributed by atoms with van der Waals surface area (Å²) in [6, 6.07) is 25.1. The van der Waals surface area contributed by atoms with E-state index < -0.39 is 0 Å². The smallest absolute Gasteiger partial charge is 0.237 e. The van der Waals surface area contributed by atoms with Gasteiger partial charge in [0.15, 0.2) is 0 Å². The first kappa shape index (κ1) is 19.2. The number of nitrogens with zero attached hydrogens (tertiary/aromatic N) is 1. The van der Waals surface area contributed by atoms with Crippen LogP contribution in [0, 0.1) is 13.8 Å². The molecule has 0 fully saturated rings. The number of carbonyl (C=O) groups is 1. The molecule has 0 aliphatic carbocycles. The third kappa shape index (κ3) is 3.98. The molecule has 2 nitrogen and oxygen atoms in total. The van der Waals surface area contributed by atoms with Crippen LogP contribution in [0.2, 0.25) is 0 Å². The highest BCUT2D eigenvalue weighted by Crippen LogP contribution is 2.43. The number of para-hydroxylation sites is 1. The zero-order valence-electron chi connectivity index (χ0n) is 16.1. The van der Waals surface area contributed by atoms with Crippen LogP contribution in [-0.2, 0) is 4.79 Å². The first-order valence-electron chi connectivity index (χ1n) is 9.42. The van der Waals surface area contributed by atoms with Gasteiger partial charge in [-0.25, -0.2) is 0 Å². The number of carbonyl (C=O) groups excluding carboxylic acids is 1. The maximum absolute atomic E-state index is 13.4. The molecule has 0 spiro atoms. The predicted molar refractivity (Wildman–Crippen MR) is 120 cm³/mol. The van der Waals surface area contributed by atoms with Crippen molar-refractivity contribution in [3.05, 3.63) is 89.5 Å². The molecule has 3 aromatic carbocycles. The molecule has 0 bridgehead atoms. The molecule has 1 aliphatic heterocycles. The van der Waals surface area contributed by atoms with Gasteiger partial charge < -0.3 is 4.90 Å². The molecule has 0 radical (unpaired) electrons. The molecule has 28 heavy (non-hydrogen) atoms. The first-order valence-corrected chi connectivity index (χ1v) is 11.4. The molecule has 1 aliphatic rings. The summed E-state index contributed by atoms with van der Waals surface area (Å²) in [5, 5.41) is 0. The highest BCUT2D eigenvalue weighted by atomic mass is 32.2. The Morgan fingerprint density at radius 3 is 2.61 bits per heavy atom. The Bertz CT molecular complexity index is 987. The second-order valence-corrected chi connectivity index (χ2v) is 9.11. The monoisotopic (exact) mass is 405 g/mol. The van der Waals surface area contributed by atoms with Gasteiger partial charge in [0.05, 0.1) is 17.5 Å². The van der Waals surface area contributed by atoms with Crippen molar-refractivity contribution in [2.45, 2.75) is 29.7 Å². The molecule has 142 valence electrons. The summed E-state index contributed by atoms with van der Waals surface area (Å²) in [6.45, 7) is 4.20. The average Bonchev–Trinajstić information content (AvgIpc) is 2.74. The Labute approximate surface area is 175 Å². The van der Waals surface area contributed by atoms with Crippen LogP contribution in [0.5, 0.6) is 0 Å². The number of aryl methyl sites for hydroxylation is 2. The molecule has 1 atom stereocenters. The second-order valence-electron chi connectivity index (χ2n) is 7.03. The maximum Gasteiger partial charge on any atom is 0.237 e. The molecule has 1 heterocycles. The van der Waals surface area contributed by atoms with Crippen LogP contribution in [0.1, 0.15) is 22.7 Å². The van der Waals surface area contributed by atoms with Gasteiger partial charge in [-0.15, -0.1) is 23.5 Å². The van der Waals surface area contributed by atoms with E-state index in [4.69, 9.17) is 0 Å². The van der Waals surface area contributed by atoms with Crippen LogP contribution < -0.4 is 4.90 Å². The molecule has 3 aromatic rings. The van der Waals surface area contributed by atoms with Gasteiger partial charge in [0.1, 0.15) is 0 Å². The van der Waals surface area contributed by atoms with Crippen LogP contribution in [0.4, 0.5) is 5.69 Å². The lowest BCUT2D eigenvalue weighted by Gasteiger charge is -2.37. The van der Waals surface area contributed by atoms with E-state index in [-0.39, 0.29) is 11.9 Å². The molecule has 1 amide bonds.